The van der Waals surface area contributed by atoms with Crippen LogP contribution < -0.4 is 0 Å². The van der Waals surface area contributed by atoms with E-state index < -0.39 is 138 Å². The topological polar surface area (TPSA) is 262 Å². The molecule has 16 atom stereocenters. The van der Waals surface area contributed by atoms with E-state index in [1.54, 1.807) is 41.7 Å². The Morgan fingerprint density at radius 1 is 0.882 bits per heavy atom. The van der Waals surface area contributed by atoms with Gasteiger partial charge in [-0.3, -0.25) is 24.0 Å². The number of carbonyl (C=O) groups is 6. The lowest BCUT2D eigenvalue weighted by Crippen LogP contribution is -2.61. The van der Waals surface area contributed by atoms with E-state index in [4.69, 9.17) is 28.4 Å². The molecule has 18 nitrogen and oxygen atoms in total. The number of hydrogen-bond acceptors (Lipinski definition) is 17. The fourth-order valence-corrected chi connectivity index (χ4v) is 11.2. The van der Waals surface area contributed by atoms with Crippen molar-refractivity contribution in [2.75, 3.05) is 47.7 Å². The summed E-state index contributed by atoms with van der Waals surface area (Å²) in [7, 11) is 4.55. The number of fused-ring (bicyclic) bond motifs is 3. The van der Waals surface area contributed by atoms with E-state index in [9.17, 15) is 54.3 Å². The highest BCUT2D eigenvalue weighted by Gasteiger charge is 2.53. The van der Waals surface area contributed by atoms with Gasteiger partial charge in [0.2, 0.25) is 5.79 Å². The van der Waals surface area contributed by atoms with Gasteiger partial charge in [-0.15, -0.1) is 0 Å². The number of amides is 1. The van der Waals surface area contributed by atoms with Crippen molar-refractivity contribution in [2.45, 2.75) is 187 Å². The van der Waals surface area contributed by atoms with Gasteiger partial charge in [0.1, 0.15) is 35.2 Å². The van der Waals surface area contributed by atoms with Crippen LogP contribution in [0.25, 0.3) is 0 Å². The maximum atomic E-state index is 14.6. The van der Waals surface area contributed by atoms with E-state index in [-0.39, 0.29) is 49.0 Å². The molecule has 16 unspecified atom stereocenters. The molecule has 1 aliphatic carbocycles. The number of nitrogens with zero attached hydrogens (tertiary/aromatic N) is 1. The van der Waals surface area contributed by atoms with E-state index in [1.165, 1.54) is 27.2 Å². The Morgan fingerprint density at radius 2 is 1.57 bits per heavy atom. The van der Waals surface area contributed by atoms with Gasteiger partial charge < -0.3 is 58.9 Å². The number of Topliss-reactive ketones (excluding diaryl/α,β-unsaturated/α-hetero) is 3. The molecule has 0 aromatic heterocycles. The Bertz CT molecular complexity index is 2120. The van der Waals surface area contributed by atoms with E-state index in [0.717, 1.165) is 10.5 Å². The number of aliphatic hydroxyl groups excluding tert-OH is 4. The molecular formula is C58H91NO17. The number of ketones is 3. The van der Waals surface area contributed by atoms with Crippen LogP contribution >= 0.6 is 0 Å². The molecule has 0 radical (unpaired) electrons. The highest BCUT2D eigenvalue weighted by molar-refractivity contribution is 6.39. The van der Waals surface area contributed by atoms with Crippen molar-refractivity contribution < 1.29 is 82.7 Å². The van der Waals surface area contributed by atoms with Crippen molar-refractivity contribution in [3.63, 3.8) is 0 Å². The minimum Gasteiger partial charge on any atom is -0.460 e. The van der Waals surface area contributed by atoms with Crippen LogP contribution in [0.5, 0.6) is 0 Å². The first-order valence-electron chi connectivity index (χ1n) is 27.4. The molecule has 3 heterocycles. The summed E-state index contributed by atoms with van der Waals surface area (Å²) in [4.78, 5) is 86.1. The summed E-state index contributed by atoms with van der Waals surface area (Å²) in [5.74, 6) is -11.7. The Morgan fingerprint density at radius 3 is 2.18 bits per heavy atom. The number of aliphatic hydroxyl groups is 5. The average molecular weight is 1070 g/mol. The summed E-state index contributed by atoms with van der Waals surface area (Å²) in [6.07, 6.45) is 9.67. The average Bonchev–Trinajstić information content (AvgIpc) is 3.41. The zero-order valence-electron chi connectivity index (χ0n) is 47.2. The first kappa shape index (κ1) is 64.5. The van der Waals surface area contributed by atoms with E-state index in [0.29, 0.717) is 51.4 Å². The number of hydrogen-bond donors (Lipinski definition) is 5. The van der Waals surface area contributed by atoms with Crippen molar-refractivity contribution in [2.24, 2.45) is 46.8 Å². The summed E-state index contributed by atoms with van der Waals surface area (Å²) in [5, 5.41) is 53.9. The van der Waals surface area contributed by atoms with Gasteiger partial charge in [-0.1, -0.05) is 71.1 Å². The van der Waals surface area contributed by atoms with Crippen LogP contribution in [-0.2, 0) is 57.2 Å². The van der Waals surface area contributed by atoms with E-state index in [1.807, 2.05) is 51.2 Å². The number of allylic oxidation sites excluding steroid dienone is 5. The van der Waals surface area contributed by atoms with Gasteiger partial charge in [0.05, 0.1) is 55.8 Å². The summed E-state index contributed by atoms with van der Waals surface area (Å²) >= 11 is 0. The third-order valence-electron chi connectivity index (χ3n) is 17.4. The first-order valence-corrected chi connectivity index (χ1v) is 27.4. The third kappa shape index (κ3) is 15.4. The Labute approximate surface area is 450 Å². The SMILES string of the molecule is COC1CC2CCC(C)C(O)(O2)C(=O)C(=O)N2CCCCC2C(=O)OC(C(C)CC2CCC(OC(=O)C(C)(CO)CO)C(OC)C2)CC(=O)C(C)/C=C(\C)C(O)C(CO)C(=O)C(C)C(C)(OC)C(C)/C=C/C=CC=C1C. The summed E-state index contributed by atoms with van der Waals surface area (Å²) in [5.41, 5.74) is -1.47. The molecule has 76 heavy (non-hydrogen) atoms. The molecule has 0 aromatic rings. The predicted molar refractivity (Wildman–Crippen MR) is 282 cm³/mol. The fraction of sp³-hybridized carbons (Fsp3) is 0.759. The molecule has 0 spiro atoms. The molecule has 1 saturated carbocycles. The van der Waals surface area contributed by atoms with Crippen LogP contribution in [-0.4, -0.2) is 167 Å². The molecule has 1 amide bonds. The minimum atomic E-state index is -2.49. The fourth-order valence-electron chi connectivity index (χ4n) is 11.2. The molecule has 18 heteroatoms. The molecule has 4 aliphatic rings. The normalized spacial score (nSPS) is 37.3. The maximum absolute atomic E-state index is 14.6. The largest absolute Gasteiger partial charge is 0.460 e. The smallest absolute Gasteiger partial charge is 0.329 e. The van der Waals surface area contributed by atoms with Crippen molar-refractivity contribution >= 4 is 35.2 Å². The molecule has 3 aliphatic heterocycles. The lowest BCUT2D eigenvalue weighted by Gasteiger charge is -2.42. The number of esters is 2. The van der Waals surface area contributed by atoms with Crippen LogP contribution in [0, 0.1) is 46.8 Å². The molecular weight excluding hydrogens is 983 g/mol. The second-order valence-corrected chi connectivity index (χ2v) is 22.8. The number of rotatable bonds is 11. The molecule has 2 saturated heterocycles. The number of carbonyl (C=O) groups excluding carboxylic acids is 6. The minimum absolute atomic E-state index is 0.0287. The van der Waals surface area contributed by atoms with E-state index in [2.05, 4.69) is 0 Å². The quantitative estimate of drug-likeness (QED) is 0.0995. The molecule has 4 rings (SSSR count). The van der Waals surface area contributed by atoms with Gasteiger partial charge in [0, 0.05) is 64.4 Å². The van der Waals surface area contributed by atoms with Crippen LogP contribution in [0.3, 0.4) is 0 Å². The zero-order valence-corrected chi connectivity index (χ0v) is 47.2. The lowest BCUT2D eigenvalue weighted by atomic mass is 9.73. The Kier molecular flexibility index (Phi) is 24.4. The van der Waals surface area contributed by atoms with E-state index >= 15 is 0 Å². The molecule has 430 valence electrons. The van der Waals surface area contributed by atoms with Gasteiger partial charge in [-0.25, -0.2) is 4.79 Å². The molecule has 0 aromatic carbocycles. The molecule has 5 N–H and O–H groups in total. The van der Waals surface area contributed by atoms with Crippen molar-refractivity contribution in [1.29, 1.82) is 0 Å². The van der Waals surface area contributed by atoms with Crippen molar-refractivity contribution in [3.8, 4) is 0 Å². The zero-order chi connectivity index (χ0) is 56.9. The number of methoxy groups -OCH3 is 3. The maximum Gasteiger partial charge on any atom is 0.329 e. The van der Waals surface area contributed by atoms with Gasteiger partial charge in [-0.05, 0) is 108 Å². The second kappa shape index (κ2) is 28.8. The monoisotopic (exact) mass is 1070 g/mol. The van der Waals surface area contributed by atoms with Crippen molar-refractivity contribution in [1.82, 2.24) is 4.90 Å². The van der Waals surface area contributed by atoms with Gasteiger partial charge in [0.25, 0.3) is 11.7 Å². The third-order valence-corrected chi connectivity index (χ3v) is 17.4. The number of ether oxygens (including phenoxy) is 6. The first-order chi connectivity index (χ1) is 35.8. The summed E-state index contributed by atoms with van der Waals surface area (Å²) in [6.45, 7) is 13.5. The highest BCUT2D eigenvalue weighted by atomic mass is 16.6. The van der Waals surface area contributed by atoms with Gasteiger partial charge in [0.15, 0.2) is 0 Å². The predicted octanol–water partition coefficient (Wildman–Crippen LogP) is 5.33. The summed E-state index contributed by atoms with van der Waals surface area (Å²) < 4.78 is 35.9. The number of cyclic esters (lactones) is 1. The van der Waals surface area contributed by atoms with Gasteiger partial charge >= 0.3 is 11.9 Å². The van der Waals surface area contributed by atoms with Crippen molar-refractivity contribution in [3.05, 3.63) is 47.6 Å². The molecule has 2 bridgehead atoms. The molecule has 3 fully saturated rings. The second-order valence-electron chi connectivity index (χ2n) is 22.8. The summed E-state index contributed by atoms with van der Waals surface area (Å²) in [6, 6.07) is -1.22. The van der Waals surface area contributed by atoms with Crippen LogP contribution in [0.15, 0.2) is 47.6 Å². The van der Waals surface area contributed by atoms with Crippen LogP contribution in [0.2, 0.25) is 0 Å². The van der Waals surface area contributed by atoms with Crippen LogP contribution in [0.1, 0.15) is 133 Å². The van der Waals surface area contributed by atoms with Gasteiger partial charge in [-0.2, -0.15) is 0 Å². The Balaban J connectivity index is 1.74. The number of piperidine rings is 1. The Hall–Kier alpha value is -3.98. The van der Waals surface area contributed by atoms with Crippen LogP contribution in [0.4, 0.5) is 0 Å². The standard InChI is InChI=1S/C58H91NO17/c1-34-18-14-13-15-19-38(5)57(9,73-12)40(7)51(65)43(31-60)50(64)37(4)26-35(2)45(63)30-48(36(3)27-41-22-24-46(49(28-41)72-11)75-55(69)56(8,32-61)33-62)74-54(68)44-20-16-17-25-59(44)53(67)52(66)58(70)39(6)21-23-42(76-58)29-47(34)71-10/h13-15,18-19,26,35-36,38-44,46-50,60-62,64,70H,16-17,20-25,27-33H2,1-12H3/b14-13?,19-15+,34-18?,37-26+. The lowest BCUT2D eigenvalue weighted by molar-refractivity contribution is -0.265. The highest BCUT2D eigenvalue weighted by Crippen LogP contribution is 2.39.